The lowest BCUT2D eigenvalue weighted by atomic mass is 9.98. The number of benzene rings is 3. The molecule has 0 aliphatic rings. The molecule has 0 saturated heterocycles. The van der Waals surface area contributed by atoms with Crippen molar-refractivity contribution in [3.8, 4) is 16.9 Å². The fourth-order valence-electron chi connectivity index (χ4n) is 2.49. The normalized spacial score (nSPS) is 10.3. The van der Waals surface area contributed by atoms with E-state index in [4.69, 9.17) is 4.74 Å². The van der Waals surface area contributed by atoms with E-state index in [-0.39, 0.29) is 0 Å². The van der Waals surface area contributed by atoms with Gasteiger partial charge in [-0.05, 0) is 35.7 Å². The minimum Gasteiger partial charge on any atom is -0.489 e. The van der Waals surface area contributed by atoms with Crippen molar-refractivity contribution in [2.45, 2.75) is 13.5 Å². The SMILES string of the molecule is Cc1ccc(C=O)c(-c2ccc(OCc3ccccc3)cc2)c1. The molecule has 3 aromatic rings. The topological polar surface area (TPSA) is 26.3 Å². The van der Waals surface area contributed by atoms with Crippen LogP contribution in [0.3, 0.4) is 0 Å². The maximum Gasteiger partial charge on any atom is 0.150 e. The second kappa shape index (κ2) is 6.93. The van der Waals surface area contributed by atoms with Crippen molar-refractivity contribution in [1.29, 1.82) is 0 Å². The molecule has 0 heterocycles. The third-order valence-corrected chi connectivity index (χ3v) is 3.75. The Bertz CT molecular complexity index is 790. The van der Waals surface area contributed by atoms with Crippen molar-refractivity contribution in [1.82, 2.24) is 0 Å². The van der Waals surface area contributed by atoms with Crippen LogP contribution < -0.4 is 4.74 Å². The van der Waals surface area contributed by atoms with E-state index in [1.54, 1.807) is 0 Å². The number of carbonyl (C=O) groups excluding carboxylic acids is 1. The summed E-state index contributed by atoms with van der Waals surface area (Å²) in [5, 5.41) is 0. The highest BCUT2D eigenvalue weighted by atomic mass is 16.5. The van der Waals surface area contributed by atoms with Crippen LogP contribution in [0.5, 0.6) is 5.75 Å². The maximum absolute atomic E-state index is 11.2. The summed E-state index contributed by atoms with van der Waals surface area (Å²) in [6.07, 6.45) is 0.897. The molecule has 0 radical (unpaired) electrons. The van der Waals surface area contributed by atoms with E-state index in [2.05, 4.69) is 0 Å². The second-order valence-corrected chi connectivity index (χ2v) is 5.51. The van der Waals surface area contributed by atoms with Crippen LogP contribution in [0, 0.1) is 6.92 Å². The molecule has 114 valence electrons. The van der Waals surface area contributed by atoms with Gasteiger partial charge in [0, 0.05) is 5.56 Å². The molecule has 0 fully saturated rings. The van der Waals surface area contributed by atoms with Crippen LogP contribution in [0.15, 0.2) is 72.8 Å². The number of aldehydes is 1. The molecular formula is C21H18O2. The van der Waals surface area contributed by atoms with Gasteiger partial charge in [0.05, 0.1) is 0 Å². The summed E-state index contributed by atoms with van der Waals surface area (Å²) in [7, 11) is 0. The molecule has 0 amide bonds. The lowest BCUT2D eigenvalue weighted by Gasteiger charge is -2.09. The monoisotopic (exact) mass is 302 g/mol. The van der Waals surface area contributed by atoms with Gasteiger partial charge >= 0.3 is 0 Å². The highest BCUT2D eigenvalue weighted by Crippen LogP contribution is 2.26. The average Bonchev–Trinajstić information content (AvgIpc) is 2.61. The number of aryl methyl sites for hydroxylation is 1. The Balaban J connectivity index is 1.77. The third kappa shape index (κ3) is 3.67. The van der Waals surface area contributed by atoms with Gasteiger partial charge in [-0.3, -0.25) is 4.79 Å². The first-order valence-electron chi connectivity index (χ1n) is 7.59. The lowest BCUT2D eigenvalue weighted by molar-refractivity contribution is 0.112. The standard InChI is InChI=1S/C21H18O2/c1-16-7-8-19(14-22)21(13-16)18-9-11-20(12-10-18)23-15-17-5-3-2-4-6-17/h2-14H,15H2,1H3. The number of carbonyl (C=O) groups is 1. The Labute approximate surface area is 136 Å². The van der Waals surface area contributed by atoms with Gasteiger partial charge in [0.1, 0.15) is 12.4 Å². The third-order valence-electron chi connectivity index (χ3n) is 3.75. The molecule has 0 aromatic heterocycles. The van der Waals surface area contributed by atoms with Crippen molar-refractivity contribution in [3.05, 3.63) is 89.5 Å². The van der Waals surface area contributed by atoms with Crippen LogP contribution >= 0.6 is 0 Å². The number of rotatable bonds is 5. The first-order valence-corrected chi connectivity index (χ1v) is 7.59. The van der Waals surface area contributed by atoms with Crippen molar-refractivity contribution < 1.29 is 9.53 Å². The molecule has 0 unspecified atom stereocenters. The summed E-state index contributed by atoms with van der Waals surface area (Å²) < 4.78 is 5.79. The molecule has 0 saturated carbocycles. The van der Waals surface area contributed by atoms with Gasteiger partial charge in [-0.2, -0.15) is 0 Å². The van der Waals surface area contributed by atoms with Crippen LogP contribution in [0.1, 0.15) is 21.5 Å². The summed E-state index contributed by atoms with van der Waals surface area (Å²) in [4.78, 5) is 11.2. The molecule has 0 aliphatic carbocycles. The molecule has 23 heavy (non-hydrogen) atoms. The summed E-state index contributed by atoms with van der Waals surface area (Å²) in [5.74, 6) is 0.818. The molecule has 0 bridgehead atoms. The number of ether oxygens (including phenoxy) is 1. The first-order chi connectivity index (χ1) is 11.3. The summed E-state index contributed by atoms with van der Waals surface area (Å²) in [6, 6.07) is 23.8. The average molecular weight is 302 g/mol. The molecule has 0 spiro atoms. The fourth-order valence-corrected chi connectivity index (χ4v) is 2.49. The Hall–Kier alpha value is -2.87. The van der Waals surface area contributed by atoms with Crippen LogP contribution in [0.2, 0.25) is 0 Å². The predicted octanol–water partition coefficient (Wildman–Crippen LogP) is 5.05. The van der Waals surface area contributed by atoms with Gasteiger partial charge in [-0.15, -0.1) is 0 Å². The zero-order valence-corrected chi connectivity index (χ0v) is 13.0. The van der Waals surface area contributed by atoms with Crippen LogP contribution in [-0.2, 0) is 6.61 Å². The van der Waals surface area contributed by atoms with Gasteiger partial charge in [-0.25, -0.2) is 0 Å². The molecule has 0 aliphatic heterocycles. The highest BCUT2D eigenvalue weighted by molar-refractivity contribution is 5.87. The summed E-state index contributed by atoms with van der Waals surface area (Å²) >= 11 is 0. The molecular weight excluding hydrogens is 284 g/mol. The van der Waals surface area contributed by atoms with Crippen LogP contribution in [0.4, 0.5) is 0 Å². The highest BCUT2D eigenvalue weighted by Gasteiger charge is 2.05. The van der Waals surface area contributed by atoms with Gasteiger partial charge in [0.15, 0.2) is 6.29 Å². The van der Waals surface area contributed by atoms with Crippen molar-refractivity contribution in [2.75, 3.05) is 0 Å². The largest absolute Gasteiger partial charge is 0.489 e. The molecule has 0 N–H and O–H groups in total. The van der Waals surface area contributed by atoms with Gasteiger partial charge in [0.25, 0.3) is 0 Å². The zero-order valence-electron chi connectivity index (χ0n) is 13.0. The zero-order chi connectivity index (χ0) is 16.1. The Morgan fingerprint density at radius 2 is 1.65 bits per heavy atom. The number of hydrogen-bond donors (Lipinski definition) is 0. The van der Waals surface area contributed by atoms with Crippen molar-refractivity contribution in [3.63, 3.8) is 0 Å². The molecule has 3 rings (SSSR count). The lowest BCUT2D eigenvalue weighted by Crippen LogP contribution is -1.95. The van der Waals surface area contributed by atoms with E-state index in [9.17, 15) is 4.79 Å². The smallest absolute Gasteiger partial charge is 0.150 e. The van der Waals surface area contributed by atoms with E-state index in [0.29, 0.717) is 12.2 Å². The van der Waals surface area contributed by atoms with E-state index < -0.39 is 0 Å². The number of hydrogen-bond acceptors (Lipinski definition) is 2. The van der Waals surface area contributed by atoms with Gasteiger partial charge < -0.3 is 4.74 Å². The van der Waals surface area contributed by atoms with Crippen LogP contribution in [-0.4, -0.2) is 6.29 Å². The van der Waals surface area contributed by atoms with Crippen molar-refractivity contribution >= 4 is 6.29 Å². The van der Waals surface area contributed by atoms with Crippen LogP contribution in [0.25, 0.3) is 11.1 Å². The molecule has 0 atom stereocenters. The van der Waals surface area contributed by atoms with Gasteiger partial charge in [-0.1, -0.05) is 66.2 Å². The minimum absolute atomic E-state index is 0.546. The predicted molar refractivity (Wildman–Crippen MR) is 92.8 cm³/mol. The quantitative estimate of drug-likeness (QED) is 0.616. The molecule has 2 nitrogen and oxygen atoms in total. The Kier molecular flexibility index (Phi) is 4.53. The fraction of sp³-hybridized carbons (Fsp3) is 0.0952. The Morgan fingerprint density at radius 1 is 0.913 bits per heavy atom. The molecule has 2 heteroatoms. The van der Waals surface area contributed by atoms with E-state index >= 15 is 0 Å². The van der Waals surface area contributed by atoms with E-state index in [1.807, 2.05) is 79.7 Å². The van der Waals surface area contributed by atoms with E-state index in [1.165, 1.54) is 0 Å². The maximum atomic E-state index is 11.2. The molecule has 3 aromatic carbocycles. The summed E-state index contributed by atoms with van der Waals surface area (Å²) in [5.41, 5.74) is 4.94. The minimum atomic E-state index is 0.546. The van der Waals surface area contributed by atoms with E-state index in [0.717, 1.165) is 34.3 Å². The first kappa shape index (κ1) is 15.0. The second-order valence-electron chi connectivity index (χ2n) is 5.51. The van der Waals surface area contributed by atoms with Crippen molar-refractivity contribution in [2.24, 2.45) is 0 Å². The van der Waals surface area contributed by atoms with Gasteiger partial charge in [0.2, 0.25) is 0 Å². The summed E-state index contributed by atoms with van der Waals surface area (Å²) in [6.45, 7) is 2.57. The Morgan fingerprint density at radius 3 is 2.35 bits per heavy atom.